The minimum atomic E-state index is 0.357. The standard InChI is InChI=1S/C52H43N/c1-3-16-38(4-2)40-27-31-44(32-28-40)53(45-33-29-41(30-34-45)39-17-7-5-8-18-39)46-35-36-51(52(37-46)43-19-9-6-10-20-43)50-25-14-13-24-49(50)48-26-15-22-42-21-11-12-23-47(42)48/h3-27,29-37,40H,28H2,1-2H3/b16-3-,38-4+. The van der Waals surface area contributed by atoms with E-state index >= 15 is 0 Å². The summed E-state index contributed by atoms with van der Waals surface area (Å²) in [5.41, 5.74) is 14.5. The van der Waals surface area contributed by atoms with Crippen LogP contribution in [0.3, 0.4) is 0 Å². The molecule has 0 saturated carbocycles. The Morgan fingerprint density at radius 2 is 1.11 bits per heavy atom. The molecule has 0 saturated heterocycles. The number of rotatable bonds is 9. The lowest BCUT2D eigenvalue weighted by Gasteiger charge is -2.30. The van der Waals surface area contributed by atoms with Crippen molar-refractivity contribution in [1.82, 2.24) is 0 Å². The molecular formula is C52H43N. The summed E-state index contributed by atoms with van der Waals surface area (Å²) in [7, 11) is 0. The van der Waals surface area contributed by atoms with Crippen molar-refractivity contribution in [1.29, 1.82) is 0 Å². The molecule has 256 valence electrons. The number of allylic oxidation sites excluding steroid dienone is 7. The van der Waals surface area contributed by atoms with Crippen molar-refractivity contribution in [3.63, 3.8) is 0 Å². The highest BCUT2D eigenvalue weighted by atomic mass is 15.1. The lowest BCUT2D eigenvalue weighted by molar-refractivity contribution is 0.774. The first-order valence-electron chi connectivity index (χ1n) is 18.6. The van der Waals surface area contributed by atoms with Gasteiger partial charge in [0.1, 0.15) is 0 Å². The summed E-state index contributed by atoms with van der Waals surface area (Å²) in [6.45, 7) is 4.22. The number of benzene rings is 7. The summed E-state index contributed by atoms with van der Waals surface area (Å²) in [6, 6.07) is 61.6. The zero-order chi connectivity index (χ0) is 36.0. The van der Waals surface area contributed by atoms with E-state index in [9.17, 15) is 0 Å². The van der Waals surface area contributed by atoms with Gasteiger partial charge in [-0.3, -0.25) is 0 Å². The molecule has 1 unspecified atom stereocenters. The van der Waals surface area contributed by atoms with Gasteiger partial charge in [-0.25, -0.2) is 0 Å². The van der Waals surface area contributed by atoms with E-state index in [2.05, 4.69) is 225 Å². The van der Waals surface area contributed by atoms with Crippen molar-refractivity contribution in [3.8, 4) is 44.5 Å². The van der Waals surface area contributed by atoms with Crippen LogP contribution in [-0.2, 0) is 0 Å². The maximum Gasteiger partial charge on any atom is 0.0468 e. The van der Waals surface area contributed by atoms with Gasteiger partial charge in [-0.1, -0.05) is 176 Å². The third kappa shape index (κ3) is 6.95. The van der Waals surface area contributed by atoms with Crippen LogP contribution in [0.5, 0.6) is 0 Å². The number of nitrogens with zero attached hydrogens (tertiary/aromatic N) is 1. The quantitative estimate of drug-likeness (QED) is 0.137. The molecule has 1 aliphatic carbocycles. The molecule has 7 aromatic carbocycles. The fraction of sp³-hybridized carbons (Fsp3) is 0.0769. The normalized spacial score (nSPS) is 14.4. The van der Waals surface area contributed by atoms with Gasteiger partial charge in [0, 0.05) is 23.0 Å². The maximum absolute atomic E-state index is 2.42. The van der Waals surface area contributed by atoms with Gasteiger partial charge in [-0.15, -0.1) is 0 Å². The van der Waals surface area contributed by atoms with Crippen molar-refractivity contribution in [2.24, 2.45) is 5.92 Å². The van der Waals surface area contributed by atoms with Gasteiger partial charge in [-0.05, 0) is 111 Å². The Labute approximate surface area is 314 Å². The van der Waals surface area contributed by atoms with Gasteiger partial charge >= 0.3 is 0 Å². The van der Waals surface area contributed by atoms with E-state index in [0.29, 0.717) is 5.92 Å². The molecule has 8 rings (SSSR count). The topological polar surface area (TPSA) is 3.24 Å². The zero-order valence-corrected chi connectivity index (χ0v) is 30.4. The van der Waals surface area contributed by atoms with E-state index in [1.165, 1.54) is 66.6 Å². The van der Waals surface area contributed by atoms with Crippen LogP contribution in [0.15, 0.2) is 218 Å². The third-order valence-electron chi connectivity index (χ3n) is 10.3. The molecule has 0 fully saturated rings. The van der Waals surface area contributed by atoms with E-state index in [-0.39, 0.29) is 0 Å². The first-order valence-corrected chi connectivity index (χ1v) is 18.6. The van der Waals surface area contributed by atoms with Gasteiger partial charge in [0.15, 0.2) is 0 Å². The molecule has 1 nitrogen and oxygen atoms in total. The Morgan fingerprint density at radius 1 is 0.528 bits per heavy atom. The average Bonchev–Trinajstić information content (AvgIpc) is 3.24. The molecule has 1 atom stereocenters. The van der Waals surface area contributed by atoms with Crippen LogP contribution >= 0.6 is 0 Å². The molecule has 0 aliphatic heterocycles. The van der Waals surface area contributed by atoms with Crippen LogP contribution in [0, 0.1) is 5.92 Å². The van der Waals surface area contributed by atoms with E-state index in [0.717, 1.165) is 17.8 Å². The van der Waals surface area contributed by atoms with Crippen LogP contribution in [0.25, 0.3) is 55.3 Å². The second kappa shape index (κ2) is 15.4. The third-order valence-corrected chi connectivity index (χ3v) is 10.3. The Hall–Kier alpha value is -6.44. The van der Waals surface area contributed by atoms with Crippen LogP contribution in [0.2, 0.25) is 0 Å². The summed E-state index contributed by atoms with van der Waals surface area (Å²) in [5.74, 6) is 0.357. The van der Waals surface area contributed by atoms with Crippen molar-refractivity contribution in [2.75, 3.05) is 4.90 Å². The monoisotopic (exact) mass is 681 g/mol. The van der Waals surface area contributed by atoms with Gasteiger partial charge in [0.05, 0.1) is 0 Å². The lowest BCUT2D eigenvalue weighted by atomic mass is 9.87. The molecule has 7 aromatic rings. The minimum Gasteiger partial charge on any atom is -0.311 e. The summed E-state index contributed by atoms with van der Waals surface area (Å²) < 4.78 is 0. The molecule has 1 aliphatic rings. The summed E-state index contributed by atoms with van der Waals surface area (Å²) in [6.07, 6.45) is 14.6. The Kier molecular flexibility index (Phi) is 9.81. The highest BCUT2D eigenvalue weighted by Gasteiger charge is 2.21. The van der Waals surface area contributed by atoms with Gasteiger partial charge in [0.25, 0.3) is 0 Å². The predicted octanol–water partition coefficient (Wildman–Crippen LogP) is 14.6. The molecule has 0 amide bonds. The molecule has 0 N–H and O–H groups in total. The van der Waals surface area contributed by atoms with E-state index in [1.54, 1.807) is 0 Å². The molecule has 0 heterocycles. The average molecular weight is 682 g/mol. The Bertz CT molecular complexity index is 2470. The second-order valence-corrected chi connectivity index (χ2v) is 13.5. The van der Waals surface area contributed by atoms with E-state index in [1.807, 2.05) is 0 Å². The maximum atomic E-state index is 2.42. The van der Waals surface area contributed by atoms with E-state index < -0.39 is 0 Å². The fourth-order valence-corrected chi connectivity index (χ4v) is 7.71. The number of anilines is 2. The molecule has 0 bridgehead atoms. The largest absolute Gasteiger partial charge is 0.311 e. The zero-order valence-electron chi connectivity index (χ0n) is 30.4. The Balaban J connectivity index is 1.28. The molecule has 53 heavy (non-hydrogen) atoms. The smallest absolute Gasteiger partial charge is 0.0468 e. The molecule has 0 radical (unpaired) electrons. The van der Waals surface area contributed by atoms with Crippen LogP contribution < -0.4 is 4.90 Å². The number of hydrogen-bond donors (Lipinski definition) is 0. The minimum absolute atomic E-state index is 0.357. The van der Waals surface area contributed by atoms with Gasteiger partial charge < -0.3 is 4.90 Å². The SMILES string of the molecule is C/C=C\C(=C/C)C1C=CC(N(c2ccc(-c3ccccc3)cc2)c2ccc(-c3ccccc3-c3cccc4ccccc34)c(-c3ccccc3)c2)=CC1. The first-order chi connectivity index (χ1) is 26.2. The van der Waals surface area contributed by atoms with Crippen LogP contribution in [0.4, 0.5) is 11.4 Å². The Morgan fingerprint density at radius 3 is 1.81 bits per heavy atom. The molecule has 0 aromatic heterocycles. The van der Waals surface area contributed by atoms with E-state index in [4.69, 9.17) is 0 Å². The summed E-state index contributed by atoms with van der Waals surface area (Å²) >= 11 is 0. The van der Waals surface area contributed by atoms with Crippen molar-refractivity contribution < 1.29 is 0 Å². The van der Waals surface area contributed by atoms with Gasteiger partial charge in [-0.2, -0.15) is 0 Å². The van der Waals surface area contributed by atoms with Crippen molar-refractivity contribution in [2.45, 2.75) is 20.3 Å². The number of hydrogen-bond acceptors (Lipinski definition) is 1. The molecule has 1 heteroatoms. The summed E-state index contributed by atoms with van der Waals surface area (Å²) in [5, 5.41) is 2.51. The van der Waals surface area contributed by atoms with Crippen LogP contribution in [-0.4, -0.2) is 0 Å². The molecular weight excluding hydrogens is 639 g/mol. The highest BCUT2D eigenvalue weighted by Crippen LogP contribution is 2.44. The predicted molar refractivity (Wildman–Crippen MR) is 228 cm³/mol. The second-order valence-electron chi connectivity index (χ2n) is 13.5. The molecule has 0 spiro atoms. The van der Waals surface area contributed by atoms with Crippen molar-refractivity contribution in [3.05, 3.63) is 218 Å². The lowest BCUT2D eigenvalue weighted by Crippen LogP contribution is -2.18. The summed E-state index contributed by atoms with van der Waals surface area (Å²) in [4.78, 5) is 2.42. The first kappa shape index (κ1) is 33.7. The van der Waals surface area contributed by atoms with Gasteiger partial charge in [0.2, 0.25) is 0 Å². The number of fused-ring (bicyclic) bond motifs is 1. The highest BCUT2D eigenvalue weighted by molar-refractivity contribution is 6.02. The van der Waals surface area contributed by atoms with Crippen molar-refractivity contribution >= 4 is 22.1 Å². The van der Waals surface area contributed by atoms with Crippen LogP contribution in [0.1, 0.15) is 20.3 Å². The fourth-order valence-electron chi connectivity index (χ4n) is 7.71.